The van der Waals surface area contributed by atoms with E-state index < -0.39 is 0 Å². The number of rotatable bonds is 3. The van der Waals surface area contributed by atoms with Crippen molar-refractivity contribution in [3.63, 3.8) is 0 Å². The SMILES string of the molecule is CC1CC(NCc2nccs2)C1. The average molecular weight is 182 g/mol. The van der Waals surface area contributed by atoms with Crippen LogP contribution in [0.4, 0.5) is 0 Å². The molecule has 0 saturated heterocycles. The average Bonchev–Trinajstić information content (AvgIpc) is 2.47. The molecular formula is C9H14N2S. The van der Waals surface area contributed by atoms with Gasteiger partial charge in [0.1, 0.15) is 5.01 Å². The fourth-order valence-electron chi connectivity index (χ4n) is 1.64. The summed E-state index contributed by atoms with van der Waals surface area (Å²) in [5.74, 6) is 0.929. The molecule has 0 radical (unpaired) electrons. The molecule has 2 rings (SSSR count). The predicted molar refractivity (Wildman–Crippen MR) is 51.1 cm³/mol. The van der Waals surface area contributed by atoms with E-state index in [4.69, 9.17) is 0 Å². The quantitative estimate of drug-likeness (QED) is 0.773. The fourth-order valence-corrected chi connectivity index (χ4v) is 2.21. The van der Waals surface area contributed by atoms with Gasteiger partial charge in [0, 0.05) is 24.2 Å². The van der Waals surface area contributed by atoms with E-state index >= 15 is 0 Å². The maximum absolute atomic E-state index is 4.22. The lowest BCUT2D eigenvalue weighted by Crippen LogP contribution is -2.39. The fraction of sp³-hybridized carbons (Fsp3) is 0.667. The van der Waals surface area contributed by atoms with Crippen LogP contribution < -0.4 is 5.32 Å². The van der Waals surface area contributed by atoms with E-state index in [-0.39, 0.29) is 0 Å². The van der Waals surface area contributed by atoms with Crippen molar-refractivity contribution in [1.29, 1.82) is 0 Å². The lowest BCUT2D eigenvalue weighted by molar-refractivity contribution is 0.240. The number of aromatic nitrogens is 1. The van der Waals surface area contributed by atoms with Crippen LogP contribution in [-0.4, -0.2) is 11.0 Å². The second-order valence-corrected chi connectivity index (χ2v) is 4.56. The van der Waals surface area contributed by atoms with E-state index in [2.05, 4.69) is 17.2 Å². The van der Waals surface area contributed by atoms with Crippen molar-refractivity contribution >= 4 is 11.3 Å². The number of hydrogen-bond acceptors (Lipinski definition) is 3. The van der Waals surface area contributed by atoms with Gasteiger partial charge in [0.15, 0.2) is 0 Å². The lowest BCUT2D eigenvalue weighted by atomic mass is 9.82. The number of hydrogen-bond donors (Lipinski definition) is 1. The van der Waals surface area contributed by atoms with Crippen molar-refractivity contribution in [3.8, 4) is 0 Å². The van der Waals surface area contributed by atoms with E-state index in [1.165, 1.54) is 17.8 Å². The lowest BCUT2D eigenvalue weighted by Gasteiger charge is -2.33. The molecule has 0 atom stereocenters. The van der Waals surface area contributed by atoms with Crippen LogP contribution in [-0.2, 0) is 6.54 Å². The van der Waals surface area contributed by atoms with E-state index in [9.17, 15) is 0 Å². The molecule has 1 fully saturated rings. The first-order chi connectivity index (χ1) is 5.84. The van der Waals surface area contributed by atoms with Crippen molar-refractivity contribution in [2.45, 2.75) is 32.4 Å². The minimum atomic E-state index is 0.754. The molecule has 0 aliphatic heterocycles. The van der Waals surface area contributed by atoms with Crippen LogP contribution in [0, 0.1) is 5.92 Å². The highest BCUT2D eigenvalue weighted by Crippen LogP contribution is 2.26. The van der Waals surface area contributed by atoms with E-state index in [1.54, 1.807) is 11.3 Å². The second kappa shape index (κ2) is 3.54. The van der Waals surface area contributed by atoms with Crippen LogP contribution in [0.15, 0.2) is 11.6 Å². The molecule has 2 nitrogen and oxygen atoms in total. The highest BCUT2D eigenvalue weighted by Gasteiger charge is 2.24. The van der Waals surface area contributed by atoms with Gasteiger partial charge in [0.2, 0.25) is 0 Å². The largest absolute Gasteiger partial charge is 0.308 e. The minimum absolute atomic E-state index is 0.754. The third-order valence-corrected chi connectivity index (χ3v) is 3.18. The monoisotopic (exact) mass is 182 g/mol. The van der Waals surface area contributed by atoms with Crippen LogP contribution in [0.25, 0.3) is 0 Å². The Kier molecular flexibility index (Phi) is 2.42. The second-order valence-electron chi connectivity index (χ2n) is 3.58. The maximum Gasteiger partial charge on any atom is 0.106 e. The zero-order valence-corrected chi connectivity index (χ0v) is 8.10. The van der Waals surface area contributed by atoms with Crippen molar-refractivity contribution < 1.29 is 0 Å². The van der Waals surface area contributed by atoms with Crippen LogP contribution in [0.3, 0.4) is 0 Å². The smallest absolute Gasteiger partial charge is 0.106 e. The summed E-state index contributed by atoms with van der Waals surface area (Å²) in [7, 11) is 0. The highest BCUT2D eigenvalue weighted by molar-refractivity contribution is 7.09. The van der Waals surface area contributed by atoms with Gasteiger partial charge in [-0.25, -0.2) is 4.98 Å². The molecule has 1 heterocycles. The normalized spacial score (nSPS) is 28.4. The summed E-state index contributed by atoms with van der Waals surface area (Å²) >= 11 is 1.73. The minimum Gasteiger partial charge on any atom is -0.308 e. The summed E-state index contributed by atoms with van der Waals surface area (Å²) < 4.78 is 0. The Morgan fingerprint density at radius 3 is 3.08 bits per heavy atom. The van der Waals surface area contributed by atoms with Gasteiger partial charge in [0.25, 0.3) is 0 Å². The van der Waals surface area contributed by atoms with E-state index in [0.29, 0.717) is 0 Å². The van der Waals surface area contributed by atoms with Crippen LogP contribution in [0.1, 0.15) is 24.8 Å². The van der Waals surface area contributed by atoms with Gasteiger partial charge < -0.3 is 5.32 Å². The number of nitrogens with zero attached hydrogens (tertiary/aromatic N) is 1. The first-order valence-electron chi connectivity index (χ1n) is 4.46. The third-order valence-electron chi connectivity index (χ3n) is 2.40. The van der Waals surface area contributed by atoms with Gasteiger partial charge in [-0.05, 0) is 18.8 Å². The Bertz CT molecular complexity index is 227. The van der Waals surface area contributed by atoms with Crippen molar-refractivity contribution in [2.75, 3.05) is 0 Å². The Labute approximate surface area is 77.0 Å². The first kappa shape index (κ1) is 8.20. The molecule has 12 heavy (non-hydrogen) atoms. The highest BCUT2D eigenvalue weighted by atomic mass is 32.1. The summed E-state index contributed by atoms with van der Waals surface area (Å²) in [5.41, 5.74) is 0. The summed E-state index contributed by atoms with van der Waals surface area (Å²) in [6, 6.07) is 0.754. The van der Waals surface area contributed by atoms with Crippen LogP contribution >= 0.6 is 11.3 Å². The molecule has 3 heteroatoms. The molecule has 0 bridgehead atoms. The van der Waals surface area contributed by atoms with Gasteiger partial charge in [-0.3, -0.25) is 0 Å². The summed E-state index contributed by atoms with van der Waals surface area (Å²) in [4.78, 5) is 4.22. The summed E-state index contributed by atoms with van der Waals surface area (Å²) in [6.45, 7) is 3.26. The Morgan fingerprint density at radius 2 is 2.50 bits per heavy atom. The third kappa shape index (κ3) is 1.84. The molecule has 1 saturated carbocycles. The molecule has 1 N–H and O–H groups in total. The standard InChI is InChI=1S/C9H14N2S/c1-7-4-8(5-7)11-6-9-10-2-3-12-9/h2-3,7-8,11H,4-6H2,1H3. The molecule has 1 aliphatic carbocycles. The van der Waals surface area contributed by atoms with Gasteiger partial charge >= 0.3 is 0 Å². The van der Waals surface area contributed by atoms with Gasteiger partial charge in [-0.2, -0.15) is 0 Å². The van der Waals surface area contributed by atoms with E-state index in [0.717, 1.165) is 18.5 Å². The predicted octanol–water partition coefficient (Wildman–Crippen LogP) is 2.03. The summed E-state index contributed by atoms with van der Waals surface area (Å²) in [6.07, 6.45) is 4.54. The van der Waals surface area contributed by atoms with E-state index in [1.807, 2.05) is 11.6 Å². The zero-order valence-electron chi connectivity index (χ0n) is 7.29. The number of thiazole rings is 1. The molecule has 0 aromatic carbocycles. The first-order valence-corrected chi connectivity index (χ1v) is 5.34. The molecule has 0 unspecified atom stereocenters. The van der Waals surface area contributed by atoms with Crippen LogP contribution in [0.2, 0.25) is 0 Å². The van der Waals surface area contributed by atoms with Crippen molar-refractivity contribution in [3.05, 3.63) is 16.6 Å². The number of nitrogens with one attached hydrogen (secondary N) is 1. The maximum atomic E-state index is 4.22. The van der Waals surface area contributed by atoms with Crippen LogP contribution in [0.5, 0.6) is 0 Å². The zero-order chi connectivity index (χ0) is 8.39. The molecule has 1 aromatic rings. The Hall–Kier alpha value is -0.410. The molecule has 1 aromatic heterocycles. The summed E-state index contributed by atoms with van der Waals surface area (Å²) in [5, 5.41) is 6.73. The molecule has 1 aliphatic rings. The molecular weight excluding hydrogens is 168 g/mol. The topological polar surface area (TPSA) is 24.9 Å². The Balaban J connectivity index is 1.70. The Morgan fingerprint density at radius 1 is 1.67 bits per heavy atom. The van der Waals surface area contributed by atoms with Gasteiger partial charge in [0.05, 0.1) is 0 Å². The van der Waals surface area contributed by atoms with Gasteiger partial charge in [-0.15, -0.1) is 11.3 Å². The van der Waals surface area contributed by atoms with Gasteiger partial charge in [-0.1, -0.05) is 6.92 Å². The molecule has 0 amide bonds. The molecule has 0 spiro atoms. The van der Waals surface area contributed by atoms with Crippen molar-refractivity contribution in [1.82, 2.24) is 10.3 Å². The molecule has 66 valence electrons. The van der Waals surface area contributed by atoms with Crippen molar-refractivity contribution in [2.24, 2.45) is 5.92 Å².